The largest absolute Gasteiger partial charge is 0.458 e. The number of thioether (sulfide) groups is 1. The van der Waals surface area contributed by atoms with Crippen LogP contribution in [0.3, 0.4) is 0 Å². The van der Waals surface area contributed by atoms with Gasteiger partial charge in [0.15, 0.2) is 0 Å². The van der Waals surface area contributed by atoms with E-state index in [9.17, 15) is 9.59 Å². The second-order valence-electron chi connectivity index (χ2n) is 6.12. The number of nitrogens with zero attached hydrogens (tertiary/aromatic N) is 2. The summed E-state index contributed by atoms with van der Waals surface area (Å²) in [6.45, 7) is 5.08. The fourth-order valence-electron chi connectivity index (χ4n) is 2.44. The molecule has 0 atom stereocenters. The van der Waals surface area contributed by atoms with Crippen molar-refractivity contribution in [1.82, 2.24) is 9.88 Å². The fourth-order valence-corrected chi connectivity index (χ4v) is 4.08. The molecule has 1 amide bonds. The van der Waals surface area contributed by atoms with Gasteiger partial charge in [0, 0.05) is 23.2 Å². The Labute approximate surface area is 155 Å². The van der Waals surface area contributed by atoms with E-state index in [1.165, 1.54) is 33.6 Å². The summed E-state index contributed by atoms with van der Waals surface area (Å²) < 4.78 is 5.24. The van der Waals surface area contributed by atoms with Crippen LogP contribution in [0.1, 0.15) is 31.0 Å². The number of esters is 1. The first kappa shape index (κ1) is 17.9. The van der Waals surface area contributed by atoms with E-state index in [0.29, 0.717) is 12.5 Å². The summed E-state index contributed by atoms with van der Waals surface area (Å²) in [5.74, 6) is 0.838. The lowest BCUT2D eigenvalue weighted by atomic mass is 10.0. The summed E-state index contributed by atoms with van der Waals surface area (Å²) in [6.07, 6.45) is 0. The minimum absolute atomic E-state index is 0.0134. The molecule has 1 aromatic carbocycles. The molecule has 132 valence electrons. The maximum absolute atomic E-state index is 11.8. The molecule has 1 aliphatic rings. The van der Waals surface area contributed by atoms with Crippen molar-refractivity contribution in [2.75, 3.05) is 18.8 Å². The van der Waals surface area contributed by atoms with Crippen LogP contribution in [0.5, 0.6) is 0 Å². The molecule has 1 aromatic heterocycles. The molecule has 2 heterocycles. The Kier molecular flexibility index (Phi) is 5.75. The third kappa shape index (κ3) is 4.61. The normalized spacial score (nSPS) is 14.4. The Hall–Kier alpha value is -1.86. The molecule has 25 heavy (non-hydrogen) atoms. The van der Waals surface area contributed by atoms with Crippen LogP contribution in [0.2, 0.25) is 0 Å². The van der Waals surface area contributed by atoms with Crippen molar-refractivity contribution in [2.45, 2.75) is 26.4 Å². The second kappa shape index (κ2) is 8.01. The number of ether oxygens (including phenoxy) is 1. The van der Waals surface area contributed by atoms with Crippen LogP contribution in [-0.4, -0.2) is 39.9 Å². The summed E-state index contributed by atoms with van der Waals surface area (Å²) in [5.41, 5.74) is 3.08. The summed E-state index contributed by atoms with van der Waals surface area (Å²) in [7, 11) is 0. The molecule has 0 spiro atoms. The Morgan fingerprint density at radius 2 is 2.08 bits per heavy atom. The zero-order valence-electron chi connectivity index (χ0n) is 14.2. The van der Waals surface area contributed by atoms with Crippen molar-refractivity contribution in [3.8, 4) is 10.6 Å². The number of amides is 1. The van der Waals surface area contributed by atoms with Crippen LogP contribution in [0.15, 0.2) is 29.6 Å². The smallest absolute Gasteiger partial charge is 0.326 e. The van der Waals surface area contributed by atoms with Crippen molar-refractivity contribution in [1.29, 1.82) is 0 Å². The molecular formula is C18H20N2O3S2. The molecule has 0 aliphatic carbocycles. The van der Waals surface area contributed by atoms with Crippen LogP contribution < -0.4 is 0 Å². The molecule has 0 N–H and O–H groups in total. The maximum Gasteiger partial charge on any atom is 0.326 e. The minimum Gasteiger partial charge on any atom is -0.458 e. The van der Waals surface area contributed by atoms with E-state index in [-0.39, 0.29) is 18.4 Å². The summed E-state index contributed by atoms with van der Waals surface area (Å²) in [6, 6.07) is 8.37. The zero-order valence-corrected chi connectivity index (χ0v) is 15.9. The van der Waals surface area contributed by atoms with Crippen molar-refractivity contribution in [3.05, 3.63) is 40.9 Å². The molecule has 0 bridgehead atoms. The monoisotopic (exact) mass is 376 g/mol. The van der Waals surface area contributed by atoms with E-state index in [4.69, 9.17) is 4.74 Å². The number of thiazole rings is 1. The van der Waals surface area contributed by atoms with Crippen LogP contribution in [0.25, 0.3) is 10.6 Å². The second-order valence-corrected chi connectivity index (χ2v) is 8.02. The predicted octanol–water partition coefficient (Wildman–Crippen LogP) is 4.15. The highest BCUT2D eigenvalue weighted by Gasteiger charge is 2.23. The third-order valence-corrected chi connectivity index (χ3v) is 5.75. The molecule has 2 aromatic rings. The molecule has 0 radical (unpaired) electrons. The zero-order chi connectivity index (χ0) is 17.8. The Morgan fingerprint density at radius 1 is 1.32 bits per heavy atom. The van der Waals surface area contributed by atoms with Gasteiger partial charge in [-0.15, -0.1) is 11.3 Å². The molecule has 7 heteroatoms. The Morgan fingerprint density at radius 3 is 2.72 bits per heavy atom. The van der Waals surface area contributed by atoms with Crippen LogP contribution in [0, 0.1) is 0 Å². The van der Waals surface area contributed by atoms with E-state index in [1.54, 1.807) is 0 Å². The highest BCUT2D eigenvalue weighted by atomic mass is 32.2. The number of carbonyl (C=O) groups is 2. The van der Waals surface area contributed by atoms with E-state index >= 15 is 0 Å². The molecule has 3 rings (SSSR count). The topological polar surface area (TPSA) is 59.5 Å². The van der Waals surface area contributed by atoms with Gasteiger partial charge in [0.05, 0.1) is 5.69 Å². The van der Waals surface area contributed by atoms with Gasteiger partial charge in [-0.05, 0) is 11.5 Å². The van der Waals surface area contributed by atoms with Gasteiger partial charge < -0.3 is 9.64 Å². The molecule has 1 saturated heterocycles. The lowest BCUT2D eigenvalue weighted by Crippen LogP contribution is -2.30. The molecule has 1 fully saturated rings. The van der Waals surface area contributed by atoms with Gasteiger partial charge in [0.1, 0.15) is 18.2 Å². The highest BCUT2D eigenvalue weighted by Crippen LogP contribution is 2.26. The van der Waals surface area contributed by atoms with E-state index in [1.807, 2.05) is 5.38 Å². The van der Waals surface area contributed by atoms with Gasteiger partial charge in [-0.3, -0.25) is 9.59 Å². The molecule has 5 nitrogen and oxygen atoms in total. The first-order chi connectivity index (χ1) is 12.0. The SMILES string of the molecule is CC(C)c1ccc(-c2nc(COC(=O)CN3CCSC3=O)cs2)cc1. The van der Waals surface area contributed by atoms with E-state index in [0.717, 1.165) is 22.0 Å². The average Bonchev–Trinajstić information content (AvgIpc) is 3.23. The summed E-state index contributed by atoms with van der Waals surface area (Å²) in [4.78, 5) is 29.4. The minimum atomic E-state index is -0.397. The number of hydrogen-bond acceptors (Lipinski definition) is 6. The number of rotatable bonds is 6. The average molecular weight is 377 g/mol. The third-order valence-electron chi connectivity index (χ3n) is 3.92. The Bertz CT molecular complexity index is 756. The lowest BCUT2D eigenvalue weighted by molar-refractivity contribution is -0.145. The van der Waals surface area contributed by atoms with Crippen LogP contribution in [-0.2, 0) is 16.1 Å². The molecule has 1 aliphatic heterocycles. The number of aromatic nitrogens is 1. The predicted molar refractivity (Wildman–Crippen MR) is 101 cm³/mol. The summed E-state index contributed by atoms with van der Waals surface area (Å²) >= 11 is 2.77. The van der Waals surface area contributed by atoms with Crippen molar-refractivity contribution >= 4 is 34.3 Å². The quantitative estimate of drug-likeness (QED) is 0.709. The van der Waals surface area contributed by atoms with Crippen molar-refractivity contribution in [3.63, 3.8) is 0 Å². The van der Waals surface area contributed by atoms with Crippen LogP contribution >= 0.6 is 23.1 Å². The van der Waals surface area contributed by atoms with E-state index in [2.05, 4.69) is 43.1 Å². The Balaban J connectivity index is 1.54. The van der Waals surface area contributed by atoms with Gasteiger partial charge in [-0.1, -0.05) is 49.9 Å². The van der Waals surface area contributed by atoms with Gasteiger partial charge in [0.25, 0.3) is 5.24 Å². The first-order valence-corrected chi connectivity index (χ1v) is 10.0. The van der Waals surface area contributed by atoms with Gasteiger partial charge in [-0.2, -0.15) is 0 Å². The molecule has 0 saturated carbocycles. The van der Waals surface area contributed by atoms with Crippen LogP contribution in [0.4, 0.5) is 4.79 Å². The standard InChI is InChI=1S/C18H20N2O3S2/c1-12(2)13-3-5-14(6-4-13)17-19-15(11-25-17)10-23-16(21)9-20-7-8-24-18(20)22/h3-6,11-12H,7-10H2,1-2H3. The van der Waals surface area contributed by atoms with Gasteiger partial charge >= 0.3 is 5.97 Å². The molecular weight excluding hydrogens is 356 g/mol. The van der Waals surface area contributed by atoms with Gasteiger partial charge in [0.2, 0.25) is 0 Å². The molecule has 0 unspecified atom stereocenters. The first-order valence-electron chi connectivity index (χ1n) is 8.15. The summed E-state index contributed by atoms with van der Waals surface area (Å²) in [5, 5.41) is 2.75. The highest BCUT2D eigenvalue weighted by molar-refractivity contribution is 8.13. The van der Waals surface area contributed by atoms with E-state index < -0.39 is 5.97 Å². The van der Waals surface area contributed by atoms with Crippen molar-refractivity contribution in [2.24, 2.45) is 0 Å². The van der Waals surface area contributed by atoms with Gasteiger partial charge in [-0.25, -0.2) is 4.98 Å². The van der Waals surface area contributed by atoms with Crippen molar-refractivity contribution < 1.29 is 14.3 Å². The number of hydrogen-bond donors (Lipinski definition) is 0. The lowest BCUT2D eigenvalue weighted by Gasteiger charge is -2.12. The fraction of sp³-hybridized carbons (Fsp3) is 0.389. The maximum atomic E-state index is 11.8. The number of benzene rings is 1. The number of carbonyl (C=O) groups excluding carboxylic acids is 2.